The SMILES string of the molecule is CC(C)Cc1cccc(C(=O)c2cc(Br)ccc2N)c1. The van der Waals surface area contributed by atoms with Crippen LogP contribution in [0.2, 0.25) is 0 Å². The molecule has 20 heavy (non-hydrogen) atoms. The minimum Gasteiger partial charge on any atom is -0.398 e. The third-order valence-electron chi connectivity index (χ3n) is 3.09. The Hall–Kier alpha value is -1.61. The normalized spacial score (nSPS) is 10.8. The highest BCUT2D eigenvalue weighted by molar-refractivity contribution is 9.10. The summed E-state index contributed by atoms with van der Waals surface area (Å²) in [6.45, 7) is 4.33. The topological polar surface area (TPSA) is 43.1 Å². The van der Waals surface area contributed by atoms with Crippen LogP contribution >= 0.6 is 15.9 Å². The van der Waals surface area contributed by atoms with Crippen LogP contribution < -0.4 is 5.73 Å². The third kappa shape index (κ3) is 3.48. The number of anilines is 1. The van der Waals surface area contributed by atoms with Crippen molar-refractivity contribution in [1.82, 2.24) is 0 Å². The lowest BCUT2D eigenvalue weighted by Gasteiger charge is -2.09. The zero-order valence-corrected chi connectivity index (χ0v) is 13.3. The number of carbonyl (C=O) groups excluding carboxylic acids is 1. The van der Waals surface area contributed by atoms with E-state index in [4.69, 9.17) is 5.73 Å². The fourth-order valence-corrected chi connectivity index (χ4v) is 2.55. The molecule has 0 saturated heterocycles. The van der Waals surface area contributed by atoms with E-state index in [1.54, 1.807) is 12.1 Å². The van der Waals surface area contributed by atoms with Crippen molar-refractivity contribution < 1.29 is 4.79 Å². The number of hydrogen-bond donors (Lipinski definition) is 1. The van der Waals surface area contributed by atoms with Crippen molar-refractivity contribution in [3.8, 4) is 0 Å². The van der Waals surface area contributed by atoms with Crippen LogP contribution in [0.3, 0.4) is 0 Å². The number of benzene rings is 2. The first kappa shape index (κ1) is 14.8. The van der Waals surface area contributed by atoms with Gasteiger partial charge in [-0.3, -0.25) is 4.79 Å². The fourth-order valence-electron chi connectivity index (χ4n) is 2.19. The number of halogens is 1. The molecule has 0 radical (unpaired) electrons. The molecular formula is C17H18BrNO. The largest absolute Gasteiger partial charge is 0.398 e. The molecule has 0 amide bonds. The summed E-state index contributed by atoms with van der Waals surface area (Å²) in [6.07, 6.45) is 0.967. The van der Waals surface area contributed by atoms with Crippen molar-refractivity contribution in [1.29, 1.82) is 0 Å². The van der Waals surface area contributed by atoms with Crippen LogP contribution in [0.5, 0.6) is 0 Å². The van der Waals surface area contributed by atoms with Crippen molar-refractivity contribution in [3.05, 3.63) is 63.6 Å². The summed E-state index contributed by atoms with van der Waals surface area (Å²) in [6, 6.07) is 13.1. The molecule has 0 bridgehead atoms. The molecule has 0 fully saturated rings. The molecule has 0 heterocycles. The lowest BCUT2D eigenvalue weighted by atomic mass is 9.97. The summed E-state index contributed by atoms with van der Waals surface area (Å²) in [7, 11) is 0. The van der Waals surface area contributed by atoms with Gasteiger partial charge in [0.25, 0.3) is 0 Å². The van der Waals surface area contributed by atoms with E-state index >= 15 is 0 Å². The maximum Gasteiger partial charge on any atom is 0.195 e. The van der Waals surface area contributed by atoms with Gasteiger partial charge in [0.1, 0.15) is 0 Å². The average Bonchev–Trinajstić information content (AvgIpc) is 2.40. The van der Waals surface area contributed by atoms with Gasteiger partial charge >= 0.3 is 0 Å². The van der Waals surface area contributed by atoms with Gasteiger partial charge in [-0.1, -0.05) is 48.0 Å². The summed E-state index contributed by atoms with van der Waals surface area (Å²) in [5, 5.41) is 0. The van der Waals surface area contributed by atoms with E-state index in [0.717, 1.165) is 10.9 Å². The van der Waals surface area contributed by atoms with Gasteiger partial charge in [-0.25, -0.2) is 0 Å². The molecular weight excluding hydrogens is 314 g/mol. The quantitative estimate of drug-likeness (QED) is 0.663. The molecule has 0 spiro atoms. The first-order valence-electron chi connectivity index (χ1n) is 6.66. The minimum absolute atomic E-state index is 0.0330. The second-order valence-electron chi connectivity index (χ2n) is 5.36. The maximum atomic E-state index is 12.6. The first-order valence-corrected chi connectivity index (χ1v) is 7.45. The van der Waals surface area contributed by atoms with E-state index in [-0.39, 0.29) is 5.78 Å². The molecule has 2 aromatic carbocycles. The zero-order valence-electron chi connectivity index (χ0n) is 11.7. The van der Waals surface area contributed by atoms with Crippen molar-refractivity contribution in [3.63, 3.8) is 0 Å². The van der Waals surface area contributed by atoms with Crippen LogP contribution in [0.15, 0.2) is 46.9 Å². The van der Waals surface area contributed by atoms with Gasteiger partial charge in [0, 0.05) is 21.3 Å². The predicted molar refractivity (Wildman–Crippen MR) is 87.0 cm³/mol. The Labute approximate surface area is 128 Å². The van der Waals surface area contributed by atoms with Gasteiger partial charge in [-0.05, 0) is 42.2 Å². The molecule has 3 heteroatoms. The van der Waals surface area contributed by atoms with Gasteiger partial charge in [0.2, 0.25) is 0 Å². The lowest BCUT2D eigenvalue weighted by Crippen LogP contribution is -2.06. The molecule has 0 aromatic heterocycles. The third-order valence-corrected chi connectivity index (χ3v) is 3.59. The second kappa shape index (κ2) is 6.23. The molecule has 2 nitrogen and oxygen atoms in total. The van der Waals surface area contributed by atoms with E-state index in [1.165, 1.54) is 5.56 Å². The zero-order chi connectivity index (χ0) is 14.7. The fraction of sp³-hybridized carbons (Fsp3) is 0.235. The number of rotatable bonds is 4. The van der Waals surface area contributed by atoms with Crippen molar-refractivity contribution in [2.24, 2.45) is 5.92 Å². The highest BCUT2D eigenvalue weighted by Crippen LogP contribution is 2.22. The Bertz CT molecular complexity index is 635. The number of nitrogen functional groups attached to an aromatic ring is 1. The summed E-state index contributed by atoms with van der Waals surface area (Å²) in [5.74, 6) is 0.533. The molecule has 0 aliphatic carbocycles. The number of nitrogens with two attached hydrogens (primary N) is 1. The van der Waals surface area contributed by atoms with Crippen molar-refractivity contribution in [2.45, 2.75) is 20.3 Å². The Morgan fingerprint density at radius 1 is 1.20 bits per heavy atom. The van der Waals surface area contributed by atoms with Crippen LogP contribution in [0.1, 0.15) is 35.3 Å². The second-order valence-corrected chi connectivity index (χ2v) is 6.27. The van der Waals surface area contributed by atoms with Gasteiger partial charge < -0.3 is 5.73 Å². The van der Waals surface area contributed by atoms with E-state index in [1.807, 2.05) is 24.3 Å². The molecule has 0 unspecified atom stereocenters. The van der Waals surface area contributed by atoms with E-state index in [0.29, 0.717) is 22.7 Å². The van der Waals surface area contributed by atoms with E-state index in [9.17, 15) is 4.79 Å². The van der Waals surface area contributed by atoms with Crippen LogP contribution in [0.4, 0.5) is 5.69 Å². The van der Waals surface area contributed by atoms with E-state index in [2.05, 4.69) is 35.8 Å². The lowest BCUT2D eigenvalue weighted by molar-refractivity contribution is 0.103. The summed E-state index contributed by atoms with van der Waals surface area (Å²) < 4.78 is 0.855. The average molecular weight is 332 g/mol. The number of hydrogen-bond acceptors (Lipinski definition) is 2. The first-order chi connectivity index (χ1) is 9.47. The van der Waals surface area contributed by atoms with Crippen LogP contribution in [-0.4, -0.2) is 5.78 Å². The Morgan fingerprint density at radius 2 is 1.95 bits per heavy atom. The van der Waals surface area contributed by atoms with Gasteiger partial charge in [-0.15, -0.1) is 0 Å². The van der Waals surface area contributed by atoms with Gasteiger partial charge in [0.15, 0.2) is 5.78 Å². The van der Waals surface area contributed by atoms with Crippen molar-refractivity contribution >= 4 is 27.4 Å². The van der Waals surface area contributed by atoms with Crippen molar-refractivity contribution in [2.75, 3.05) is 5.73 Å². The molecule has 0 aliphatic heterocycles. The molecule has 0 atom stereocenters. The van der Waals surface area contributed by atoms with Gasteiger partial charge in [0.05, 0.1) is 0 Å². The monoisotopic (exact) mass is 331 g/mol. The standard InChI is InChI=1S/C17H18BrNO/c1-11(2)8-12-4-3-5-13(9-12)17(20)15-10-14(18)6-7-16(15)19/h3-7,9-11H,8,19H2,1-2H3. The molecule has 0 saturated carbocycles. The highest BCUT2D eigenvalue weighted by atomic mass is 79.9. The minimum atomic E-state index is -0.0330. The molecule has 0 aliphatic rings. The van der Waals surface area contributed by atoms with Gasteiger partial charge in [-0.2, -0.15) is 0 Å². The summed E-state index contributed by atoms with van der Waals surface area (Å²) in [4.78, 5) is 12.6. The molecule has 2 aromatic rings. The Kier molecular flexibility index (Phi) is 4.61. The predicted octanol–water partition coefficient (Wildman–Crippen LogP) is 4.46. The van der Waals surface area contributed by atoms with Crippen LogP contribution in [-0.2, 0) is 6.42 Å². The van der Waals surface area contributed by atoms with E-state index < -0.39 is 0 Å². The maximum absolute atomic E-state index is 12.6. The number of carbonyl (C=O) groups is 1. The number of ketones is 1. The molecule has 2 N–H and O–H groups in total. The smallest absolute Gasteiger partial charge is 0.195 e. The molecule has 104 valence electrons. The van der Waals surface area contributed by atoms with Crippen LogP contribution in [0, 0.1) is 5.92 Å². The highest BCUT2D eigenvalue weighted by Gasteiger charge is 2.13. The summed E-state index contributed by atoms with van der Waals surface area (Å²) >= 11 is 3.38. The summed E-state index contributed by atoms with van der Waals surface area (Å²) in [5.41, 5.74) is 8.82. The Balaban J connectivity index is 2.35. The molecule has 2 rings (SSSR count). The van der Waals surface area contributed by atoms with Crippen LogP contribution in [0.25, 0.3) is 0 Å². The Morgan fingerprint density at radius 3 is 2.65 bits per heavy atom.